The summed E-state index contributed by atoms with van der Waals surface area (Å²) in [5.41, 5.74) is 0.443. The topological polar surface area (TPSA) is 55.1 Å². The van der Waals surface area contributed by atoms with Crippen LogP contribution in [0.2, 0.25) is 0 Å². The third-order valence-corrected chi connectivity index (χ3v) is 2.67. The Morgan fingerprint density at radius 1 is 1.26 bits per heavy atom. The monoisotopic (exact) mass is 266 g/mol. The van der Waals surface area contributed by atoms with Crippen LogP contribution in [-0.2, 0) is 6.54 Å². The van der Waals surface area contributed by atoms with Crippen molar-refractivity contribution < 1.29 is 13.9 Å². The van der Waals surface area contributed by atoms with Crippen molar-refractivity contribution in [3.8, 4) is 0 Å². The Labute approximate surface area is 107 Å². The van der Waals surface area contributed by atoms with E-state index in [1.807, 2.05) is 0 Å². The minimum atomic E-state index is -1.14. The van der Waals surface area contributed by atoms with Gasteiger partial charge < -0.3 is 5.11 Å². The molecule has 0 saturated heterocycles. The Kier molecular flexibility index (Phi) is 3.71. The van der Waals surface area contributed by atoms with E-state index in [4.69, 9.17) is 0 Å². The van der Waals surface area contributed by atoms with E-state index in [0.29, 0.717) is 5.69 Å². The third kappa shape index (κ3) is 3.03. The van der Waals surface area contributed by atoms with Crippen molar-refractivity contribution in [2.45, 2.75) is 19.6 Å². The number of hydrogen-bond donors (Lipinski definition) is 1. The van der Waals surface area contributed by atoms with Crippen molar-refractivity contribution in [3.05, 3.63) is 63.6 Å². The molecule has 0 fully saturated rings. The van der Waals surface area contributed by atoms with Gasteiger partial charge >= 0.3 is 0 Å². The molecule has 0 radical (unpaired) electrons. The minimum Gasteiger partial charge on any atom is -0.386 e. The first-order chi connectivity index (χ1) is 8.97. The zero-order chi connectivity index (χ0) is 14.0. The van der Waals surface area contributed by atoms with Gasteiger partial charge in [0.15, 0.2) is 11.6 Å². The predicted octanol–water partition coefficient (Wildman–Crippen LogP) is 1.56. The molecule has 4 nitrogen and oxygen atoms in total. The van der Waals surface area contributed by atoms with E-state index in [-0.39, 0.29) is 17.7 Å². The van der Waals surface area contributed by atoms with Crippen molar-refractivity contribution in [3.63, 3.8) is 0 Å². The summed E-state index contributed by atoms with van der Waals surface area (Å²) in [6, 6.07) is 5.99. The van der Waals surface area contributed by atoms with Crippen LogP contribution >= 0.6 is 0 Å². The molecule has 1 atom stereocenters. The van der Waals surface area contributed by atoms with Crippen LogP contribution in [0.25, 0.3) is 0 Å². The summed E-state index contributed by atoms with van der Waals surface area (Å²) in [4.78, 5) is 11.5. The average Bonchev–Trinajstić information content (AvgIpc) is 2.37. The second kappa shape index (κ2) is 5.27. The zero-order valence-electron chi connectivity index (χ0n) is 10.2. The molecule has 1 aromatic carbocycles. The highest BCUT2D eigenvalue weighted by Crippen LogP contribution is 2.17. The van der Waals surface area contributed by atoms with Gasteiger partial charge in [0.1, 0.15) is 0 Å². The van der Waals surface area contributed by atoms with Crippen LogP contribution in [0.15, 0.2) is 35.1 Å². The van der Waals surface area contributed by atoms with Gasteiger partial charge in [-0.2, -0.15) is 5.10 Å². The molecular formula is C13H12F2N2O2. The molecule has 1 unspecified atom stereocenters. The van der Waals surface area contributed by atoms with E-state index in [1.165, 1.54) is 12.1 Å². The summed E-state index contributed by atoms with van der Waals surface area (Å²) in [6.07, 6.45) is -1.14. The first-order valence-electron chi connectivity index (χ1n) is 5.65. The fourth-order valence-electron chi connectivity index (χ4n) is 1.67. The van der Waals surface area contributed by atoms with Gasteiger partial charge in [-0.15, -0.1) is 0 Å². The first kappa shape index (κ1) is 13.4. The summed E-state index contributed by atoms with van der Waals surface area (Å²) in [7, 11) is 0. The molecular weight excluding hydrogens is 254 g/mol. The lowest BCUT2D eigenvalue weighted by Crippen LogP contribution is -2.25. The van der Waals surface area contributed by atoms with Crippen molar-refractivity contribution in [2.24, 2.45) is 0 Å². The highest BCUT2D eigenvalue weighted by atomic mass is 19.2. The Morgan fingerprint density at radius 3 is 2.68 bits per heavy atom. The molecule has 0 bridgehead atoms. The van der Waals surface area contributed by atoms with Crippen molar-refractivity contribution in [2.75, 3.05) is 0 Å². The van der Waals surface area contributed by atoms with Crippen molar-refractivity contribution >= 4 is 0 Å². The molecule has 2 rings (SSSR count). The number of hydrogen-bond acceptors (Lipinski definition) is 3. The van der Waals surface area contributed by atoms with Crippen LogP contribution in [0.1, 0.15) is 17.4 Å². The maximum atomic E-state index is 13.1. The van der Waals surface area contributed by atoms with Gasteiger partial charge in [-0.25, -0.2) is 13.5 Å². The summed E-state index contributed by atoms with van der Waals surface area (Å²) >= 11 is 0. The quantitative estimate of drug-likeness (QED) is 0.917. The van der Waals surface area contributed by atoms with Crippen LogP contribution in [0, 0.1) is 18.6 Å². The second-order valence-corrected chi connectivity index (χ2v) is 4.18. The molecule has 2 aromatic rings. The Morgan fingerprint density at radius 2 is 2.00 bits per heavy atom. The molecule has 0 aliphatic rings. The lowest BCUT2D eigenvalue weighted by atomic mass is 10.1. The second-order valence-electron chi connectivity index (χ2n) is 4.18. The van der Waals surface area contributed by atoms with E-state index in [2.05, 4.69) is 5.10 Å². The number of nitrogens with zero attached hydrogens (tertiary/aromatic N) is 2. The summed E-state index contributed by atoms with van der Waals surface area (Å²) in [6.45, 7) is 1.59. The van der Waals surface area contributed by atoms with E-state index in [9.17, 15) is 18.7 Å². The lowest BCUT2D eigenvalue weighted by Gasteiger charge is -2.12. The smallest absolute Gasteiger partial charge is 0.266 e. The highest BCUT2D eigenvalue weighted by molar-refractivity contribution is 5.20. The Balaban J connectivity index is 2.25. The average molecular weight is 266 g/mol. The number of rotatable bonds is 3. The molecule has 6 heteroatoms. The highest BCUT2D eigenvalue weighted by Gasteiger charge is 2.13. The molecule has 0 amide bonds. The standard InChI is InChI=1S/C13H12F2N2O2/c1-8-2-5-13(19)17(16-8)7-12(18)9-3-4-10(14)11(15)6-9/h2-6,12,18H,7H2,1H3. The van der Waals surface area contributed by atoms with E-state index < -0.39 is 17.7 Å². The molecule has 0 aliphatic heterocycles. The van der Waals surface area contributed by atoms with Gasteiger partial charge in [-0.1, -0.05) is 6.07 Å². The van der Waals surface area contributed by atoms with Crippen LogP contribution in [-0.4, -0.2) is 14.9 Å². The predicted molar refractivity (Wildman–Crippen MR) is 64.6 cm³/mol. The molecule has 1 N–H and O–H groups in total. The maximum absolute atomic E-state index is 13.1. The van der Waals surface area contributed by atoms with Crippen LogP contribution in [0.4, 0.5) is 8.78 Å². The molecule has 19 heavy (non-hydrogen) atoms. The lowest BCUT2D eigenvalue weighted by molar-refractivity contribution is 0.148. The molecule has 0 saturated carbocycles. The molecule has 0 aliphatic carbocycles. The molecule has 1 aromatic heterocycles. The summed E-state index contributed by atoms with van der Waals surface area (Å²) in [5, 5.41) is 13.9. The number of benzene rings is 1. The van der Waals surface area contributed by atoms with Crippen LogP contribution in [0.3, 0.4) is 0 Å². The van der Waals surface area contributed by atoms with E-state index >= 15 is 0 Å². The Hall–Kier alpha value is -2.08. The first-order valence-corrected chi connectivity index (χ1v) is 5.65. The fraction of sp³-hybridized carbons (Fsp3) is 0.231. The molecule has 100 valence electrons. The van der Waals surface area contributed by atoms with Crippen LogP contribution in [0.5, 0.6) is 0 Å². The number of aliphatic hydroxyl groups excluding tert-OH is 1. The van der Waals surface area contributed by atoms with Crippen molar-refractivity contribution in [1.82, 2.24) is 9.78 Å². The van der Waals surface area contributed by atoms with Gasteiger partial charge in [0, 0.05) is 6.07 Å². The zero-order valence-corrected chi connectivity index (χ0v) is 10.2. The number of halogens is 2. The number of aryl methyl sites for hydroxylation is 1. The van der Waals surface area contributed by atoms with Crippen LogP contribution < -0.4 is 5.56 Å². The van der Waals surface area contributed by atoms with Gasteiger partial charge in [0.25, 0.3) is 5.56 Å². The maximum Gasteiger partial charge on any atom is 0.266 e. The molecule has 0 spiro atoms. The normalized spacial score (nSPS) is 12.4. The van der Waals surface area contributed by atoms with E-state index in [0.717, 1.165) is 16.8 Å². The number of aromatic nitrogens is 2. The number of aliphatic hydroxyl groups is 1. The minimum absolute atomic E-state index is 0.119. The van der Waals surface area contributed by atoms with Gasteiger partial charge in [0.2, 0.25) is 0 Å². The van der Waals surface area contributed by atoms with Gasteiger partial charge in [-0.05, 0) is 30.7 Å². The summed E-state index contributed by atoms with van der Waals surface area (Å²) < 4.78 is 26.9. The SMILES string of the molecule is Cc1ccc(=O)n(CC(O)c2ccc(F)c(F)c2)n1. The van der Waals surface area contributed by atoms with E-state index in [1.54, 1.807) is 13.0 Å². The third-order valence-electron chi connectivity index (χ3n) is 2.67. The van der Waals surface area contributed by atoms with Crippen molar-refractivity contribution in [1.29, 1.82) is 0 Å². The van der Waals surface area contributed by atoms with Gasteiger partial charge in [0.05, 0.1) is 18.3 Å². The summed E-state index contributed by atoms with van der Waals surface area (Å²) in [5.74, 6) is -2.03. The Bertz CT molecular complexity index is 655. The largest absolute Gasteiger partial charge is 0.386 e. The molecule has 1 heterocycles. The van der Waals surface area contributed by atoms with Gasteiger partial charge in [-0.3, -0.25) is 4.79 Å². The fourth-order valence-corrected chi connectivity index (χ4v) is 1.67.